The zero-order valence-electron chi connectivity index (χ0n) is 9.60. The van der Waals surface area contributed by atoms with E-state index >= 15 is 0 Å². The number of carbonyl (C=O) groups excluding carboxylic acids is 1. The normalized spacial score (nSPS) is 16.1. The van der Waals surface area contributed by atoms with Crippen molar-refractivity contribution < 1.29 is 27.8 Å². The fourth-order valence-electron chi connectivity index (χ4n) is 0.640. The van der Waals surface area contributed by atoms with Crippen molar-refractivity contribution in [1.82, 2.24) is 0 Å². The summed E-state index contributed by atoms with van der Waals surface area (Å²) in [5, 5.41) is 0. The minimum Gasteiger partial charge on any atom is -0.329 e. The summed E-state index contributed by atoms with van der Waals surface area (Å²) in [7, 11) is 1.73. The van der Waals surface area contributed by atoms with Crippen molar-refractivity contribution in [3.63, 3.8) is 0 Å². The maximum Gasteiger partial charge on any atom is 0.472 e. The molecule has 0 radical (unpaired) electrons. The summed E-state index contributed by atoms with van der Waals surface area (Å²) in [6.45, 7) is 1.55. The van der Waals surface area contributed by atoms with Crippen LogP contribution in [0.1, 0.15) is 6.92 Å². The minimum atomic E-state index is -4.06. The lowest BCUT2D eigenvalue weighted by Crippen LogP contribution is -2.37. The number of hydrogen-bond donors (Lipinski definition) is 1. The predicted octanol–water partition coefficient (Wildman–Crippen LogP) is 0.415. The molecule has 0 aliphatic rings. The van der Waals surface area contributed by atoms with Crippen molar-refractivity contribution in [3.05, 3.63) is 0 Å². The van der Waals surface area contributed by atoms with Gasteiger partial charge in [-0.25, -0.2) is 4.57 Å². The van der Waals surface area contributed by atoms with E-state index in [0.717, 1.165) is 0 Å². The smallest absolute Gasteiger partial charge is 0.329 e. The van der Waals surface area contributed by atoms with Gasteiger partial charge < -0.3 is 9.38 Å². The Kier molecular flexibility index (Phi) is 5.62. The lowest BCUT2D eigenvalue weighted by Gasteiger charge is -2.23. The molecular formula is C8H19NO5P+. The highest BCUT2D eigenvalue weighted by atomic mass is 31.2. The number of phosphoric ester groups is 1. The Balaban J connectivity index is 3.84. The van der Waals surface area contributed by atoms with Crippen molar-refractivity contribution in [1.29, 1.82) is 0 Å². The molecule has 1 N–H and O–H groups in total. The summed E-state index contributed by atoms with van der Waals surface area (Å²) in [4.78, 5) is 19.6. The van der Waals surface area contributed by atoms with Crippen molar-refractivity contribution in [2.24, 2.45) is 0 Å². The zero-order valence-corrected chi connectivity index (χ0v) is 10.5. The zero-order chi connectivity index (χ0) is 12.1. The molecule has 0 aliphatic carbocycles. The van der Waals surface area contributed by atoms with E-state index in [9.17, 15) is 9.36 Å². The van der Waals surface area contributed by atoms with E-state index in [2.05, 4.69) is 9.05 Å². The van der Waals surface area contributed by atoms with Gasteiger partial charge in [0, 0.05) is 0 Å². The first-order valence-corrected chi connectivity index (χ1v) is 6.04. The number of likely N-dealkylation sites (N-methyl/N-ethyl adjacent to an activating group) is 1. The van der Waals surface area contributed by atoms with Crippen LogP contribution >= 0.6 is 7.82 Å². The Labute approximate surface area is 90.0 Å². The molecule has 6 nitrogen and oxygen atoms in total. The molecule has 0 saturated carbocycles. The van der Waals surface area contributed by atoms with E-state index in [1.54, 1.807) is 0 Å². The van der Waals surface area contributed by atoms with E-state index in [1.807, 2.05) is 21.1 Å². The highest BCUT2D eigenvalue weighted by molar-refractivity contribution is 7.47. The summed E-state index contributed by atoms with van der Waals surface area (Å²) in [5.74, 6) is -0.320. The third kappa shape index (κ3) is 10.0. The maximum absolute atomic E-state index is 11.2. The molecule has 0 bridgehead atoms. The molecule has 0 aromatic carbocycles. The molecule has 0 saturated heterocycles. The number of nitrogens with zero attached hydrogens (tertiary/aromatic N) is 1. The second-order valence-electron chi connectivity index (χ2n) is 4.29. The van der Waals surface area contributed by atoms with Gasteiger partial charge in [-0.05, 0) is 6.92 Å². The Morgan fingerprint density at radius 3 is 2.27 bits per heavy atom. The quantitative estimate of drug-likeness (QED) is 0.515. The molecule has 0 fully saturated rings. The van der Waals surface area contributed by atoms with Gasteiger partial charge in [-0.1, -0.05) is 0 Å². The van der Waals surface area contributed by atoms with E-state index in [4.69, 9.17) is 4.89 Å². The van der Waals surface area contributed by atoms with Crippen LogP contribution in [-0.2, 0) is 18.4 Å². The second kappa shape index (κ2) is 5.72. The van der Waals surface area contributed by atoms with Gasteiger partial charge in [0.25, 0.3) is 0 Å². The van der Waals surface area contributed by atoms with Gasteiger partial charge in [-0.3, -0.25) is 13.8 Å². The Morgan fingerprint density at radius 1 is 1.33 bits per heavy atom. The Bertz CT molecular complexity index is 260. The van der Waals surface area contributed by atoms with Gasteiger partial charge in [0.2, 0.25) is 0 Å². The fourth-order valence-corrected chi connectivity index (χ4v) is 1.37. The third-order valence-electron chi connectivity index (χ3n) is 1.45. The molecule has 0 spiro atoms. The number of Topliss-reactive ketones (excluding diaryl/α,β-unsaturated/α-hetero) is 1. The van der Waals surface area contributed by atoms with Crippen LogP contribution < -0.4 is 0 Å². The topological polar surface area (TPSA) is 72.8 Å². The first-order valence-electron chi connectivity index (χ1n) is 4.54. The molecule has 1 atom stereocenters. The van der Waals surface area contributed by atoms with Crippen molar-refractivity contribution >= 4 is 13.6 Å². The van der Waals surface area contributed by atoms with Crippen LogP contribution in [0.2, 0.25) is 0 Å². The van der Waals surface area contributed by atoms with Crippen LogP contribution in [0.25, 0.3) is 0 Å². The average Bonchev–Trinajstić information content (AvgIpc) is 1.98. The number of carbonyl (C=O) groups is 1. The van der Waals surface area contributed by atoms with Crippen LogP contribution in [0.3, 0.4) is 0 Å². The summed E-state index contributed by atoms with van der Waals surface area (Å²) in [6, 6.07) is 0. The molecule has 7 heteroatoms. The molecule has 0 aliphatic heterocycles. The first-order chi connectivity index (χ1) is 6.62. The molecule has 0 amide bonds. The van der Waals surface area contributed by atoms with E-state index < -0.39 is 14.4 Å². The highest BCUT2D eigenvalue weighted by Gasteiger charge is 2.22. The summed E-state index contributed by atoms with van der Waals surface area (Å²) >= 11 is 0. The Hall–Kier alpha value is -0.260. The number of ketones is 1. The lowest BCUT2D eigenvalue weighted by molar-refractivity contribution is -0.870. The summed E-state index contributed by atoms with van der Waals surface area (Å²) < 4.78 is 20.9. The fraction of sp³-hybridized carbons (Fsp3) is 0.875. The van der Waals surface area contributed by atoms with Crippen molar-refractivity contribution in [2.45, 2.75) is 6.92 Å². The van der Waals surface area contributed by atoms with Crippen molar-refractivity contribution in [2.75, 3.05) is 40.9 Å². The molecule has 0 heterocycles. The van der Waals surface area contributed by atoms with Crippen LogP contribution in [0.5, 0.6) is 0 Å². The van der Waals surface area contributed by atoms with Gasteiger partial charge >= 0.3 is 7.82 Å². The molecular weight excluding hydrogens is 221 g/mol. The van der Waals surface area contributed by atoms with Gasteiger partial charge in [0.05, 0.1) is 21.1 Å². The number of rotatable bonds is 7. The first kappa shape index (κ1) is 14.7. The maximum atomic E-state index is 11.2. The van der Waals surface area contributed by atoms with E-state index in [0.29, 0.717) is 11.0 Å². The molecule has 90 valence electrons. The largest absolute Gasteiger partial charge is 0.472 e. The molecule has 1 unspecified atom stereocenters. The van der Waals surface area contributed by atoms with Gasteiger partial charge in [-0.15, -0.1) is 0 Å². The Morgan fingerprint density at radius 2 is 1.87 bits per heavy atom. The number of phosphoric acid groups is 1. The molecule has 0 aromatic heterocycles. The van der Waals surface area contributed by atoms with Gasteiger partial charge in [-0.2, -0.15) is 0 Å². The van der Waals surface area contributed by atoms with Gasteiger partial charge in [0.1, 0.15) is 19.8 Å². The summed E-state index contributed by atoms with van der Waals surface area (Å²) in [5.41, 5.74) is 0. The van der Waals surface area contributed by atoms with Crippen LogP contribution in [0.4, 0.5) is 0 Å². The highest BCUT2D eigenvalue weighted by Crippen LogP contribution is 2.42. The SMILES string of the molecule is CC(=O)COP(=O)(O)OCC[N+](C)(C)C. The van der Waals surface area contributed by atoms with Gasteiger partial charge in [0.15, 0.2) is 5.78 Å². The van der Waals surface area contributed by atoms with E-state index in [-0.39, 0.29) is 12.4 Å². The average molecular weight is 240 g/mol. The lowest BCUT2D eigenvalue weighted by atomic mass is 10.5. The molecule has 15 heavy (non-hydrogen) atoms. The van der Waals surface area contributed by atoms with Crippen LogP contribution in [0, 0.1) is 0 Å². The van der Waals surface area contributed by atoms with Crippen LogP contribution in [0.15, 0.2) is 0 Å². The molecule has 0 aromatic rings. The standard InChI is InChI=1S/C8H18NO5P/c1-8(10)7-14-15(11,12)13-6-5-9(2,3)4/h5-7H2,1-4H3/p+1. The number of hydrogen-bond acceptors (Lipinski definition) is 4. The monoisotopic (exact) mass is 240 g/mol. The van der Waals surface area contributed by atoms with E-state index in [1.165, 1.54) is 6.92 Å². The third-order valence-corrected chi connectivity index (χ3v) is 2.41. The second-order valence-corrected chi connectivity index (χ2v) is 5.74. The summed E-state index contributed by atoms with van der Waals surface area (Å²) in [6.07, 6.45) is 0. The van der Waals surface area contributed by atoms with Crippen molar-refractivity contribution in [3.8, 4) is 0 Å². The predicted molar refractivity (Wildman–Crippen MR) is 55.3 cm³/mol. The molecule has 0 rings (SSSR count). The number of quaternary nitrogens is 1. The van der Waals surface area contributed by atoms with Crippen LogP contribution in [-0.4, -0.2) is 56.1 Å². The minimum absolute atomic E-state index is 0.106.